The quantitative estimate of drug-likeness (QED) is 0.777. The molecule has 1 N–H and O–H groups in total. The van der Waals surface area contributed by atoms with Gasteiger partial charge in [0.15, 0.2) is 0 Å². The normalized spacial score (nSPS) is 20.7. The lowest BCUT2D eigenvalue weighted by Gasteiger charge is -2.22. The average Bonchev–Trinajstić information content (AvgIpc) is 2.71. The van der Waals surface area contributed by atoms with Crippen molar-refractivity contribution in [1.82, 2.24) is 5.32 Å². The van der Waals surface area contributed by atoms with Crippen molar-refractivity contribution in [1.29, 1.82) is 0 Å². The summed E-state index contributed by atoms with van der Waals surface area (Å²) in [7, 11) is 0. The fraction of sp³-hybridized carbons (Fsp3) is 0.667. The highest BCUT2D eigenvalue weighted by atomic mass is 16.3. The highest BCUT2D eigenvalue weighted by Gasteiger charge is 2.46. The zero-order valence-corrected chi connectivity index (χ0v) is 9.05. The summed E-state index contributed by atoms with van der Waals surface area (Å²) in [5.41, 5.74) is 0.438. The van der Waals surface area contributed by atoms with Crippen molar-refractivity contribution < 1.29 is 4.42 Å². The van der Waals surface area contributed by atoms with Gasteiger partial charge in [0.2, 0.25) is 0 Å². The first-order chi connectivity index (χ1) is 6.76. The Morgan fingerprint density at radius 3 is 2.86 bits per heavy atom. The Hall–Kier alpha value is -0.760. The topological polar surface area (TPSA) is 25.2 Å². The van der Waals surface area contributed by atoms with Crippen LogP contribution in [0.5, 0.6) is 0 Å². The van der Waals surface area contributed by atoms with Crippen molar-refractivity contribution in [2.24, 2.45) is 5.41 Å². The first-order valence-corrected chi connectivity index (χ1v) is 5.53. The minimum absolute atomic E-state index is 0.414. The minimum Gasteiger partial charge on any atom is -0.468 e. The summed E-state index contributed by atoms with van der Waals surface area (Å²) in [6.45, 7) is 5.60. The van der Waals surface area contributed by atoms with Crippen LogP contribution in [0.4, 0.5) is 0 Å². The van der Waals surface area contributed by atoms with E-state index in [2.05, 4.69) is 25.2 Å². The van der Waals surface area contributed by atoms with E-state index in [0.717, 1.165) is 12.3 Å². The van der Waals surface area contributed by atoms with Crippen molar-refractivity contribution >= 4 is 0 Å². The molecule has 0 spiro atoms. The minimum atomic E-state index is 0.414. The Morgan fingerprint density at radius 2 is 2.36 bits per heavy atom. The van der Waals surface area contributed by atoms with E-state index in [1.165, 1.54) is 19.3 Å². The Balaban J connectivity index is 2.07. The average molecular weight is 193 g/mol. The van der Waals surface area contributed by atoms with Gasteiger partial charge in [-0.25, -0.2) is 0 Å². The van der Waals surface area contributed by atoms with Crippen LogP contribution in [-0.4, -0.2) is 6.54 Å². The largest absolute Gasteiger partial charge is 0.468 e. The zero-order valence-electron chi connectivity index (χ0n) is 9.05. The van der Waals surface area contributed by atoms with Crippen LogP contribution in [0.1, 0.15) is 44.9 Å². The molecule has 1 heterocycles. The molecule has 0 radical (unpaired) electrons. The van der Waals surface area contributed by atoms with Gasteiger partial charge in [-0.3, -0.25) is 0 Å². The van der Waals surface area contributed by atoms with E-state index in [0.29, 0.717) is 11.5 Å². The van der Waals surface area contributed by atoms with Gasteiger partial charge in [-0.05, 0) is 43.4 Å². The summed E-state index contributed by atoms with van der Waals surface area (Å²) in [5, 5.41) is 3.58. The maximum Gasteiger partial charge on any atom is 0.121 e. The van der Waals surface area contributed by atoms with E-state index in [1.54, 1.807) is 6.26 Å². The first-order valence-electron chi connectivity index (χ1n) is 5.53. The summed E-state index contributed by atoms with van der Waals surface area (Å²) in [6.07, 6.45) is 5.57. The Kier molecular flexibility index (Phi) is 2.64. The molecular formula is C12H19NO. The van der Waals surface area contributed by atoms with Gasteiger partial charge in [-0.1, -0.05) is 13.8 Å². The van der Waals surface area contributed by atoms with Crippen LogP contribution in [0.25, 0.3) is 0 Å². The number of rotatable bonds is 5. The second-order valence-electron chi connectivity index (χ2n) is 4.56. The van der Waals surface area contributed by atoms with Crippen molar-refractivity contribution in [3.05, 3.63) is 24.2 Å². The summed E-state index contributed by atoms with van der Waals surface area (Å²) in [5.74, 6) is 1.10. The predicted molar refractivity (Wildman–Crippen MR) is 57.1 cm³/mol. The summed E-state index contributed by atoms with van der Waals surface area (Å²) in [6, 6.07) is 4.47. The molecular weight excluding hydrogens is 174 g/mol. The van der Waals surface area contributed by atoms with Gasteiger partial charge >= 0.3 is 0 Å². The van der Waals surface area contributed by atoms with Crippen LogP contribution in [0.2, 0.25) is 0 Å². The van der Waals surface area contributed by atoms with Crippen molar-refractivity contribution in [3.63, 3.8) is 0 Å². The van der Waals surface area contributed by atoms with Gasteiger partial charge in [-0.15, -0.1) is 0 Å². The smallest absolute Gasteiger partial charge is 0.121 e. The Morgan fingerprint density at radius 1 is 1.57 bits per heavy atom. The van der Waals surface area contributed by atoms with Crippen LogP contribution >= 0.6 is 0 Å². The van der Waals surface area contributed by atoms with Gasteiger partial charge in [0.25, 0.3) is 0 Å². The molecule has 1 saturated carbocycles. The summed E-state index contributed by atoms with van der Waals surface area (Å²) < 4.78 is 5.50. The van der Waals surface area contributed by atoms with Crippen molar-refractivity contribution in [3.8, 4) is 0 Å². The van der Waals surface area contributed by atoms with Gasteiger partial charge < -0.3 is 9.73 Å². The fourth-order valence-corrected chi connectivity index (χ4v) is 1.92. The molecule has 0 bridgehead atoms. The highest BCUT2D eigenvalue weighted by Crippen LogP contribution is 2.54. The number of hydrogen-bond acceptors (Lipinski definition) is 2. The number of furan rings is 1. The lowest BCUT2D eigenvalue weighted by molar-refractivity contribution is 0.309. The number of hydrogen-bond donors (Lipinski definition) is 1. The standard InChI is InChI=1S/C12H19NO/c1-3-8-13-11(12(2)6-7-12)10-5-4-9-14-10/h4-5,9,11,13H,3,6-8H2,1-2H3. The molecule has 2 nitrogen and oxygen atoms in total. The maximum absolute atomic E-state index is 5.50. The molecule has 1 unspecified atom stereocenters. The molecule has 1 aliphatic carbocycles. The molecule has 1 aromatic rings. The van der Waals surface area contributed by atoms with Gasteiger partial charge in [0.05, 0.1) is 12.3 Å². The molecule has 0 aliphatic heterocycles. The maximum atomic E-state index is 5.50. The molecule has 0 saturated heterocycles. The van der Waals surface area contributed by atoms with Crippen LogP contribution in [0.3, 0.4) is 0 Å². The molecule has 2 heteroatoms. The van der Waals surface area contributed by atoms with E-state index in [-0.39, 0.29) is 0 Å². The fourth-order valence-electron chi connectivity index (χ4n) is 1.92. The van der Waals surface area contributed by atoms with E-state index in [9.17, 15) is 0 Å². The molecule has 1 aliphatic rings. The highest BCUT2D eigenvalue weighted by molar-refractivity contribution is 5.13. The molecule has 1 atom stereocenters. The third kappa shape index (κ3) is 1.85. The number of nitrogens with one attached hydrogen (secondary N) is 1. The molecule has 0 aromatic carbocycles. The van der Waals surface area contributed by atoms with Crippen LogP contribution in [-0.2, 0) is 0 Å². The Labute approximate surface area is 85.7 Å². The van der Waals surface area contributed by atoms with E-state index >= 15 is 0 Å². The SMILES string of the molecule is CCCNC(c1ccco1)C1(C)CC1. The van der Waals surface area contributed by atoms with Crippen LogP contribution in [0.15, 0.2) is 22.8 Å². The van der Waals surface area contributed by atoms with Crippen molar-refractivity contribution in [2.45, 2.75) is 39.2 Å². The van der Waals surface area contributed by atoms with E-state index < -0.39 is 0 Å². The van der Waals surface area contributed by atoms with Gasteiger partial charge in [0.1, 0.15) is 5.76 Å². The zero-order chi connectivity index (χ0) is 10.0. The van der Waals surface area contributed by atoms with E-state index in [4.69, 9.17) is 4.42 Å². The molecule has 2 rings (SSSR count). The van der Waals surface area contributed by atoms with E-state index in [1.807, 2.05) is 6.07 Å². The molecule has 0 amide bonds. The molecule has 78 valence electrons. The Bertz CT molecular complexity index is 275. The predicted octanol–water partition coefficient (Wildman–Crippen LogP) is 3.12. The van der Waals surface area contributed by atoms with Gasteiger partial charge in [0, 0.05) is 0 Å². The summed E-state index contributed by atoms with van der Waals surface area (Å²) >= 11 is 0. The third-order valence-electron chi connectivity index (χ3n) is 3.16. The van der Waals surface area contributed by atoms with Crippen LogP contribution in [0, 0.1) is 5.41 Å². The molecule has 1 fully saturated rings. The monoisotopic (exact) mass is 193 g/mol. The first kappa shape index (κ1) is 9.78. The van der Waals surface area contributed by atoms with Crippen LogP contribution < -0.4 is 5.32 Å². The molecule has 14 heavy (non-hydrogen) atoms. The lowest BCUT2D eigenvalue weighted by Crippen LogP contribution is -2.28. The third-order valence-corrected chi connectivity index (χ3v) is 3.16. The summed E-state index contributed by atoms with van der Waals surface area (Å²) in [4.78, 5) is 0. The van der Waals surface area contributed by atoms with Crippen molar-refractivity contribution in [2.75, 3.05) is 6.54 Å². The second kappa shape index (κ2) is 3.77. The lowest BCUT2D eigenvalue weighted by atomic mass is 9.96. The molecule has 1 aromatic heterocycles. The van der Waals surface area contributed by atoms with Gasteiger partial charge in [-0.2, -0.15) is 0 Å². The second-order valence-corrected chi connectivity index (χ2v) is 4.56.